The molecule has 0 aromatic rings. The van der Waals surface area contributed by atoms with Crippen LogP contribution < -0.4 is 5.73 Å². The summed E-state index contributed by atoms with van der Waals surface area (Å²) in [5, 5.41) is 0. The van der Waals surface area contributed by atoms with Crippen molar-refractivity contribution in [2.24, 2.45) is 11.1 Å². The van der Waals surface area contributed by atoms with Gasteiger partial charge in [0.2, 0.25) is 5.91 Å². The van der Waals surface area contributed by atoms with Gasteiger partial charge in [0, 0.05) is 19.1 Å². The number of hydrogen-bond acceptors (Lipinski definition) is 3. The summed E-state index contributed by atoms with van der Waals surface area (Å²) in [5.74, 6) is 0.298. The average molecular weight is 281 g/mol. The van der Waals surface area contributed by atoms with Gasteiger partial charge in [-0.15, -0.1) is 0 Å². The molecule has 116 valence electrons. The first kappa shape index (κ1) is 15.8. The van der Waals surface area contributed by atoms with Crippen LogP contribution in [-0.4, -0.2) is 54.0 Å². The Morgan fingerprint density at radius 3 is 2.30 bits per heavy atom. The second kappa shape index (κ2) is 6.44. The van der Waals surface area contributed by atoms with E-state index in [1.165, 1.54) is 25.7 Å². The van der Waals surface area contributed by atoms with Crippen molar-refractivity contribution in [2.45, 2.75) is 65.0 Å². The molecule has 0 saturated carbocycles. The molecule has 2 rings (SSSR count). The molecule has 1 amide bonds. The smallest absolute Gasteiger partial charge is 0.239 e. The summed E-state index contributed by atoms with van der Waals surface area (Å²) in [6.07, 6.45) is 6.00. The van der Waals surface area contributed by atoms with Gasteiger partial charge >= 0.3 is 0 Å². The van der Waals surface area contributed by atoms with Crippen LogP contribution in [0.1, 0.15) is 52.9 Å². The molecule has 2 heterocycles. The quantitative estimate of drug-likeness (QED) is 0.840. The van der Waals surface area contributed by atoms with Gasteiger partial charge < -0.3 is 10.6 Å². The Balaban J connectivity index is 1.96. The van der Waals surface area contributed by atoms with Crippen LogP contribution in [0.25, 0.3) is 0 Å². The number of nitrogens with zero attached hydrogens (tertiary/aromatic N) is 2. The molecule has 0 radical (unpaired) electrons. The third-order valence-corrected chi connectivity index (χ3v) is 5.17. The van der Waals surface area contributed by atoms with Gasteiger partial charge in [0.25, 0.3) is 0 Å². The number of likely N-dealkylation sites (tertiary alicyclic amines) is 2. The topological polar surface area (TPSA) is 49.6 Å². The monoisotopic (exact) mass is 281 g/mol. The molecular formula is C16H31N3O. The third-order valence-electron chi connectivity index (χ3n) is 5.17. The summed E-state index contributed by atoms with van der Waals surface area (Å²) < 4.78 is 0. The van der Waals surface area contributed by atoms with Crippen LogP contribution in [0.3, 0.4) is 0 Å². The molecule has 2 atom stereocenters. The van der Waals surface area contributed by atoms with E-state index in [-0.39, 0.29) is 17.5 Å². The number of carbonyl (C=O) groups is 1. The zero-order chi connectivity index (χ0) is 14.8. The van der Waals surface area contributed by atoms with Crippen LogP contribution in [0, 0.1) is 5.41 Å². The van der Waals surface area contributed by atoms with Gasteiger partial charge in [-0.25, -0.2) is 0 Å². The molecule has 2 unspecified atom stereocenters. The van der Waals surface area contributed by atoms with E-state index in [4.69, 9.17) is 5.73 Å². The van der Waals surface area contributed by atoms with Gasteiger partial charge in [-0.2, -0.15) is 0 Å². The van der Waals surface area contributed by atoms with E-state index in [1.54, 1.807) is 0 Å². The molecule has 20 heavy (non-hydrogen) atoms. The fourth-order valence-corrected chi connectivity index (χ4v) is 3.46. The molecule has 2 saturated heterocycles. The molecule has 2 aliphatic rings. The molecule has 0 aliphatic carbocycles. The maximum Gasteiger partial charge on any atom is 0.239 e. The highest BCUT2D eigenvalue weighted by Crippen LogP contribution is 2.28. The maximum atomic E-state index is 12.7. The Morgan fingerprint density at radius 2 is 1.75 bits per heavy atom. The SMILES string of the molecule is CC(C(=O)N1CCC(N)C(C)(C)C1)N1CCCCCC1. The van der Waals surface area contributed by atoms with Crippen molar-refractivity contribution in [1.29, 1.82) is 0 Å². The molecule has 0 aromatic carbocycles. The maximum absolute atomic E-state index is 12.7. The fraction of sp³-hybridized carbons (Fsp3) is 0.938. The normalized spacial score (nSPS) is 29.8. The predicted octanol–water partition coefficient (Wildman–Crippen LogP) is 1.84. The van der Waals surface area contributed by atoms with E-state index in [0.29, 0.717) is 5.91 Å². The van der Waals surface area contributed by atoms with E-state index in [9.17, 15) is 4.79 Å². The average Bonchev–Trinajstić information content (AvgIpc) is 2.69. The highest BCUT2D eigenvalue weighted by Gasteiger charge is 2.37. The van der Waals surface area contributed by atoms with Gasteiger partial charge in [0.1, 0.15) is 0 Å². The molecule has 2 fully saturated rings. The summed E-state index contributed by atoms with van der Waals surface area (Å²) in [6.45, 7) is 10.2. The van der Waals surface area contributed by atoms with Crippen LogP contribution in [0.5, 0.6) is 0 Å². The van der Waals surface area contributed by atoms with Gasteiger partial charge in [-0.05, 0) is 44.7 Å². The van der Waals surface area contributed by atoms with Crippen LogP contribution >= 0.6 is 0 Å². The van der Waals surface area contributed by atoms with Crippen molar-refractivity contribution in [2.75, 3.05) is 26.2 Å². The second-order valence-electron chi connectivity index (χ2n) is 7.27. The standard InChI is InChI=1S/C16H31N3O/c1-13(18-9-6-4-5-7-10-18)15(20)19-11-8-14(17)16(2,3)12-19/h13-14H,4-12,17H2,1-3H3. The highest BCUT2D eigenvalue weighted by molar-refractivity contribution is 5.81. The summed E-state index contributed by atoms with van der Waals surface area (Å²) in [4.78, 5) is 17.2. The van der Waals surface area contributed by atoms with Crippen LogP contribution in [-0.2, 0) is 4.79 Å². The lowest BCUT2D eigenvalue weighted by Crippen LogP contribution is -2.57. The Labute approximate surface area is 123 Å². The van der Waals surface area contributed by atoms with Crippen molar-refractivity contribution in [3.63, 3.8) is 0 Å². The highest BCUT2D eigenvalue weighted by atomic mass is 16.2. The number of rotatable bonds is 2. The number of amides is 1. The molecule has 4 heteroatoms. The van der Waals surface area contributed by atoms with E-state index in [0.717, 1.165) is 32.6 Å². The van der Waals surface area contributed by atoms with Crippen molar-refractivity contribution < 1.29 is 4.79 Å². The van der Waals surface area contributed by atoms with Gasteiger partial charge in [-0.1, -0.05) is 26.7 Å². The summed E-state index contributed by atoms with van der Waals surface area (Å²) in [6, 6.07) is 0.235. The molecule has 0 spiro atoms. The fourth-order valence-electron chi connectivity index (χ4n) is 3.46. The van der Waals surface area contributed by atoms with E-state index >= 15 is 0 Å². The first-order valence-corrected chi connectivity index (χ1v) is 8.20. The number of nitrogens with two attached hydrogens (primary N) is 1. The summed E-state index contributed by atoms with van der Waals surface area (Å²) in [7, 11) is 0. The number of carbonyl (C=O) groups excluding carboxylic acids is 1. The second-order valence-corrected chi connectivity index (χ2v) is 7.27. The van der Waals surface area contributed by atoms with Crippen molar-refractivity contribution in [3.8, 4) is 0 Å². The number of piperidine rings is 1. The first-order chi connectivity index (χ1) is 9.42. The van der Waals surface area contributed by atoms with E-state index in [1.807, 2.05) is 4.90 Å². The molecule has 2 N–H and O–H groups in total. The zero-order valence-corrected chi connectivity index (χ0v) is 13.4. The third kappa shape index (κ3) is 3.53. The van der Waals surface area contributed by atoms with Crippen molar-refractivity contribution in [1.82, 2.24) is 9.80 Å². The minimum Gasteiger partial charge on any atom is -0.341 e. The van der Waals surface area contributed by atoms with Gasteiger partial charge in [0.15, 0.2) is 0 Å². The minimum absolute atomic E-state index is 0.0261. The molecule has 0 bridgehead atoms. The first-order valence-electron chi connectivity index (χ1n) is 8.20. The number of hydrogen-bond donors (Lipinski definition) is 1. The lowest BCUT2D eigenvalue weighted by molar-refractivity contribution is -0.139. The minimum atomic E-state index is 0.0261. The van der Waals surface area contributed by atoms with Crippen molar-refractivity contribution in [3.05, 3.63) is 0 Å². The van der Waals surface area contributed by atoms with Crippen LogP contribution in [0.15, 0.2) is 0 Å². The van der Waals surface area contributed by atoms with Crippen LogP contribution in [0.4, 0.5) is 0 Å². The largest absolute Gasteiger partial charge is 0.341 e. The molecule has 0 aromatic heterocycles. The Bertz CT molecular complexity index is 335. The Morgan fingerprint density at radius 1 is 1.15 bits per heavy atom. The van der Waals surface area contributed by atoms with Gasteiger partial charge in [-0.3, -0.25) is 9.69 Å². The van der Waals surface area contributed by atoms with Gasteiger partial charge in [0.05, 0.1) is 6.04 Å². The Kier molecular flexibility index (Phi) is 5.08. The van der Waals surface area contributed by atoms with E-state index < -0.39 is 0 Å². The molecule has 4 nitrogen and oxygen atoms in total. The molecule has 2 aliphatic heterocycles. The lowest BCUT2D eigenvalue weighted by Gasteiger charge is -2.44. The predicted molar refractivity (Wildman–Crippen MR) is 82.5 cm³/mol. The zero-order valence-electron chi connectivity index (χ0n) is 13.4. The summed E-state index contributed by atoms with van der Waals surface area (Å²) in [5.41, 5.74) is 6.20. The lowest BCUT2D eigenvalue weighted by atomic mass is 9.79. The van der Waals surface area contributed by atoms with Crippen LogP contribution in [0.2, 0.25) is 0 Å². The van der Waals surface area contributed by atoms with Crippen molar-refractivity contribution >= 4 is 5.91 Å². The Hall–Kier alpha value is -0.610. The summed E-state index contributed by atoms with van der Waals surface area (Å²) >= 11 is 0. The molecular weight excluding hydrogens is 250 g/mol. The van der Waals surface area contributed by atoms with E-state index in [2.05, 4.69) is 25.7 Å².